The van der Waals surface area contributed by atoms with Gasteiger partial charge in [-0.1, -0.05) is 24.3 Å². The first-order valence-corrected chi connectivity index (χ1v) is 7.33. The highest BCUT2D eigenvalue weighted by Gasteiger charge is 2.26. The van der Waals surface area contributed by atoms with Crippen molar-refractivity contribution in [1.82, 2.24) is 4.90 Å². The number of nitrogens with zero attached hydrogens (tertiary/aromatic N) is 1. The minimum atomic E-state index is 0.268. The van der Waals surface area contributed by atoms with Gasteiger partial charge in [0.05, 0.1) is 12.7 Å². The summed E-state index contributed by atoms with van der Waals surface area (Å²) in [6, 6.07) is 8.81. The van der Waals surface area contributed by atoms with Crippen LogP contribution in [0.25, 0.3) is 0 Å². The molecule has 2 rings (SSSR count). The summed E-state index contributed by atoms with van der Waals surface area (Å²) in [6.45, 7) is 3.34. The van der Waals surface area contributed by atoms with E-state index in [4.69, 9.17) is 15.2 Å². The molecule has 0 amide bonds. The largest absolute Gasteiger partial charge is 0.380 e. The standard InChI is InChI=1S/C16H26N2O2/c1-19-12-13-5-3-6-14(9-13)16(10-17)18-8-4-7-15(11-18)20-2/h3,5-6,9,15-16H,4,7-8,10-12,17H2,1-2H3. The quantitative estimate of drug-likeness (QED) is 0.864. The average molecular weight is 278 g/mol. The number of likely N-dealkylation sites (tertiary alicyclic amines) is 1. The van der Waals surface area contributed by atoms with E-state index in [9.17, 15) is 0 Å². The van der Waals surface area contributed by atoms with Gasteiger partial charge < -0.3 is 15.2 Å². The molecule has 1 aromatic rings. The number of rotatable bonds is 6. The van der Waals surface area contributed by atoms with Gasteiger partial charge in [-0.3, -0.25) is 4.90 Å². The molecule has 0 radical (unpaired) electrons. The molecule has 1 aliphatic heterocycles. The Morgan fingerprint density at radius 3 is 2.95 bits per heavy atom. The Morgan fingerprint density at radius 2 is 2.25 bits per heavy atom. The summed E-state index contributed by atoms with van der Waals surface area (Å²) in [6.07, 6.45) is 2.65. The highest BCUT2D eigenvalue weighted by molar-refractivity contribution is 5.26. The second-order valence-corrected chi connectivity index (χ2v) is 5.42. The third-order valence-electron chi connectivity index (χ3n) is 4.05. The molecule has 4 heteroatoms. The third kappa shape index (κ3) is 3.79. The van der Waals surface area contributed by atoms with Gasteiger partial charge in [0.25, 0.3) is 0 Å². The van der Waals surface area contributed by atoms with Crippen molar-refractivity contribution in [2.24, 2.45) is 5.73 Å². The van der Waals surface area contributed by atoms with Crippen LogP contribution in [-0.4, -0.2) is 44.9 Å². The molecule has 1 aliphatic rings. The topological polar surface area (TPSA) is 47.7 Å². The second kappa shape index (κ2) is 7.74. The van der Waals surface area contributed by atoms with Crippen molar-refractivity contribution in [1.29, 1.82) is 0 Å². The van der Waals surface area contributed by atoms with Crippen molar-refractivity contribution in [3.8, 4) is 0 Å². The summed E-state index contributed by atoms with van der Waals surface area (Å²) in [5, 5.41) is 0. The fourth-order valence-corrected chi connectivity index (χ4v) is 2.99. The van der Waals surface area contributed by atoms with Gasteiger partial charge in [0.1, 0.15) is 0 Å². The molecule has 0 saturated carbocycles. The lowest BCUT2D eigenvalue weighted by Gasteiger charge is -2.37. The molecule has 2 N–H and O–H groups in total. The highest BCUT2D eigenvalue weighted by atomic mass is 16.5. The van der Waals surface area contributed by atoms with E-state index in [0.717, 1.165) is 19.5 Å². The molecule has 20 heavy (non-hydrogen) atoms. The van der Waals surface area contributed by atoms with Crippen molar-refractivity contribution in [3.63, 3.8) is 0 Å². The Balaban J connectivity index is 2.12. The molecule has 0 aliphatic carbocycles. The molecule has 1 fully saturated rings. The number of benzene rings is 1. The number of hydrogen-bond acceptors (Lipinski definition) is 4. The van der Waals surface area contributed by atoms with E-state index < -0.39 is 0 Å². The third-order valence-corrected chi connectivity index (χ3v) is 4.05. The van der Waals surface area contributed by atoms with Gasteiger partial charge in [0, 0.05) is 33.4 Å². The van der Waals surface area contributed by atoms with Gasteiger partial charge in [-0.25, -0.2) is 0 Å². The Bertz CT molecular complexity index is 411. The van der Waals surface area contributed by atoms with Crippen molar-refractivity contribution < 1.29 is 9.47 Å². The Kier molecular flexibility index (Phi) is 5.98. The number of ether oxygens (including phenoxy) is 2. The van der Waals surface area contributed by atoms with E-state index in [0.29, 0.717) is 19.3 Å². The fourth-order valence-electron chi connectivity index (χ4n) is 2.99. The average Bonchev–Trinajstić information content (AvgIpc) is 2.49. The van der Waals surface area contributed by atoms with Crippen LogP contribution in [-0.2, 0) is 16.1 Å². The van der Waals surface area contributed by atoms with E-state index in [-0.39, 0.29) is 6.04 Å². The molecule has 0 bridgehead atoms. The van der Waals surface area contributed by atoms with E-state index in [2.05, 4.69) is 29.2 Å². The lowest BCUT2D eigenvalue weighted by molar-refractivity contribution is 0.0155. The second-order valence-electron chi connectivity index (χ2n) is 5.42. The van der Waals surface area contributed by atoms with Crippen molar-refractivity contribution in [2.75, 3.05) is 33.9 Å². The zero-order valence-corrected chi connectivity index (χ0v) is 12.5. The van der Waals surface area contributed by atoms with Crippen molar-refractivity contribution >= 4 is 0 Å². The van der Waals surface area contributed by atoms with Gasteiger partial charge in [-0.05, 0) is 30.5 Å². The molecule has 0 spiro atoms. The highest BCUT2D eigenvalue weighted by Crippen LogP contribution is 2.25. The molecular weight excluding hydrogens is 252 g/mol. The fraction of sp³-hybridized carbons (Fsp3) is 0.625. The van der Waals surface area contributed by atoms with E-state index >= 15 is 0 Å². The van der Waals surface area contributed by atoms with Crippen LogP contribution in [0, 0.1) is 0 Å². The van der Waals surface area contributed by atoms with Gasteiger partial charge in [-0.2, -0.15) is 0 Å². The van der Waals surface area contributed by atoms with Crippen LogP contribution in [0.2, 0.25) is 0 Å². The van der Waals surface area contributed by atoms with Crippen LogP contribution >= 0.6 is 0 Å². The number of methoxy groups -OCH3 is 2. The Labute approximate surface area is 121 Å². The number of piperidine rings is 1. The maximum atomic E-state index is 6.03. The summed E-state index contributed by atoms with van der Waals surface area (Å²) in [4.78, 5) is 2.45. The van der Waals surface area contributed by atoms with Gasteiger partial charge in [-0.15, -0.1) is 0 Å². The van der Waals surface area contributed by atoms with Gasteiger partial charge >= 0.3 is 0 Å². The predicted octanol–water partition coefficient (Wildman–Crippen LogP) is 1.94. The summed E-state index contributed by atoms with van der Waals surface area (Å²) >= 11 is 0. The summed E-state index contributed by atoms with van der Waals surface area (Å²) in [5.74, 6) is 0. The molecular formula is C16H26N2O2. The van der Waals surface area contributed by atoms with E-state index in [1.54, 1.807) is 14.2 Å². The van der Waals surface area contributed by atoms with Crippen LogP contribution in [0.15, 0.2) is 24.3 Å². The summed E-state index contributed by atoms with van der Waals surface area (Å²) < 4.78 is 10.7. The van der Waals surface area contributed by atoms with Gasteiger partial charge in [0.2, 0.25) is 0 Å². The first-order chi connectivity index (χ1) is 9.78. The van der Waals surface area contributed by atoms with Crippen LogP contribution in [0.4, 0.5) is 0 Å². The minimum Gasteiger partial charge on any atom is -0.380 e. The molecule has 2 unspecified atom stereocenters. The Morgan fingerprint density at radius 1 is 1.40 bits per heavy atom. The van der Waals surface area contributed by atoms with Crippen LogP contribution in [0.1, 0.15) is 30.0 Å². The monoisotopic (exact) mass is 278 g/mol. The molecule has 0 aromatic heterocycles. The maximum absolute atomic E-state index is 6.03. The molecule has 2 atom stereocenters. The zero-order valence-electron chi connectivity index (χ0n) is 12.5. The first kappa shape index (κ1) is 15.4. The first-order valence-electron chi connectivity index (χ1n) is 7.33. The van der Waals surface area contributed by atoms with Crippen LogP contribution < -0.4 is 5.73 Å². The lowest BCUT2D eigenvalue weighted by atomic mass is 9.99. The SMILES string of the molecule is COCc1cccc(C(CN)N2CCCC(OC)C2)c1. The van der Waals surface area contributed by atoms with E-state index in [1.165, 1.54) is 17.5 Å². The molecule has 112 valence electrons. The molecule has 1 heterocycles. The van der Waals surface area contributed by atoms with E-state index in [1.807, 2.05) is 0 Å². The lowest BCUT2D eigenvalue weighted by Crippen LogP contribution is -2.43. The smallest absolute Gasteiger partial charge is 0.0713 e. The van der Waals surface area contributed by atoms with Crippen molar-refractivity contribution in [2.45, 2.75) is 31.6 Å². The van der Waals surface area contributed by atoms with Gasteiger partial charge in [0.15, 0.2) is 0 Å². The zero-order chi connectivity index (χ0) is 14.4. The summed E-state index contributed by atoms with van der Waals surface area (Å²) in [7, 11) is 3.52. The maximum Gasteiger partial charge on any atom is 0.0713 e. The van der Waals surface area contributed by atoms with Crippen LogP contribution in [0.5, 0.6) is 0 Å². The molecule has 1 aromatic carbocycles. The Hall–Kier alpha value is -0.940. The van der Waals surface area contributed by atoms with Crippen LogP contribution in [0.3, 0.4) is 0 Å². The number of hydrogen-bond donors (Lipinski definition) is 1. The summed E-state index contributed by atoms with van der Waals surface area (Å²) in [5.41, 5.74) is 8.51. The predicted molar refractivity (Wildman–Crippen MR) is 80.6 cm³/mol. The number of nitrogens with two attached hydrogens (primary N) is 1. The van der Waals surface area contributed by atoms with Crippen molar-refractivity contribution in [3.05, 3.63) is 35.4 Å². The molecule has 1 saturated heterocycles. The normalized spacial score (nSPS) is 21.9. The minimum absolute atomic E-state index is 0.268. The molecule has 4 nitrogen and oxygen atoms in total.